The Labute approximate surface area is 128 Å². The van der Waals surface area contributed by atoms with Gasteiger partial charge in [-0.25, -0.2) is 0 Å². The van der Waals surface area contributed by atoms with Crippen molar-refractivity contribution in [1.82, 2.24) is 0 Å². The fourth-order valence-electron chi connectivity index (χ4n) is 1.96. The molecular formula is C15H22BrNO3. The number of methoxy groups -OCH3 is 1. The van der Waals surface area contributed by atoms with E-state index in [-0.39, 0.29) is 0 Å². The molecule has 4 nitrogen and oxygen atoms in total. The highest BCUT2D eigenvalue weighted by molar-refractivity contribution is 9.10. The van der Waals surface area contributed by atoms with E-state index in [1.54, 1.807) is 7.11 Å². The smallest absolute Gasteiger partial charge is 0.0945 e. The molecule has 1 saturated carbocycles. The first-order chi connectivity index (χ1) is 9.70. The van der Waals surface area contributed by atoms with Gasteiger partial charge in [-0.1, -0.05) is 22.0 Å². The second-order valence-electron chi connectivity index (χ2n) is 5.21. The first-order valence-corrected chi connectivity index (χ1v) is 7.76. The molecule has 1 unspecified atom stereocenters. The van der Waals surface area contributed by atoms with Gasteiger partial charge in [0.15, 0.2) is 0 Å². The molecule has 1 aromatic rings. The highest BCUT2D eigenvalue weighted by Crippen LogP contribution is 2.29. The van der Waals surface area contributed by atoms with Crippen molar-refractivity contribution in [2.24, 2.45) is 5.92 Å². The standard InChI is InChI=1S/C15H22BrNO3/c1-19-10-13-14(16)3-2-4-15(13)17-7-12(18)9-20-8-11-5-6-11/h2-4,11-12,17-18H,5-10H2,1H3. The van der Waals surface area contributed by atoms with Crippen LogP contribution < -0.4 is 5.32 Å². The van der Waals surface area contributed by atoms with Crippen molar-refractivity contribution in [3.63, 3.8) is 0 Å². The molecule has 0 radical (unpaired) electrons. The molecule has 112 valence electrons. The number of anilines is 1. The van der Waals surface area contributed by atoms with Crippen LogP contribution >= 0.6 is 15.9 Å². The number of aliphatic hydroxyl groups excluding tert-OH is 1. The molecule has 1 aliphatic rings. The Morgan fingerprint density at radius 3 is 2.95 bits per heavy atom. The van der Waals surface area contributed by atoms with Crippen LogP contribution in [0.1, 0.15) is 18.4 Å². The fourth-order valence-corrected chi connectivity index (χ4v) is 2.44. The van der Waals surface area contributed by atoms with Crippen molar-refractivity contribution in [1.29, 1.82) is 0 Å². The predicted molar refractivity (Wildman–Crippen MR) is 82.9 cm³/mol. The molecule has 2 rings (SSSR count). The summed E-state index contributed by atoms with van der Waals surface area (Å²) in [5.74, 6) is 0.730. The van der Waals surface area contributed by atoms with Crippen LogP contribution in [0.15, 0.2) is 22.7 Å². The van der Waals surface area contributed by atoms with E-state index in [2.05, 4.69) is 21.2 Å². The number of rotatable bonds is 9. The Morgan fingerprint density at radius 2 is 2.25 bits per heavy atom. The highest BCUT2D eigenvalue weighted by Gasteiger charge is 2.21. The number of benzene rings is 1. The van der Waals surface area contributed by atoms with Crippen molar-refractivity contribution in [2.45, 2.75) is 25.6 Å². The zero-order valence-corrected chi connectivity index (χ0v) is 13.4. The largest absolute Gasteiger partial charge is 0.389 e. The summed E-state index contributed by atoms with van der Waals surface area (Å²) in [5, 5.41) is 13.2. The Balaban J connectivity index is 1.78. The van der Waals surface area contributed by atoms with E-state index in [4.69, 9.17) is 9.47 Å². The topological polar surface area (TPSA) is 50.7 Å². The summed E-state index contributed by atoms with van der Waals surface area (Å²) in [6.45, 7) is 2.16. The fraction of sp³-hybridized carbons (Fsp3) is 0.600. The van der Waals surface area contributed by atoms with E-state index in [1.807, 2.05) is 18.2 Å². The van der Waals surface area contributed by atoms with Crippen LogP contribution in [-0.4, -0.2) is 38.1 Å². The Morgan fingerprint density at radius 1 is 1.45 bits per heavy atom. The summed E-state index contributed by atoms with van der Waals surface area (Å²) in [6, 6.07) is 5.92. The van der Waals surface area contributed by atoms with Crippen molar-refractivity contribution < 1.29 is 14.6 Å². The van der Waals surface area contributed by atoms with Gasteiger partial charge in [0.25, 0.3) is 0 Å². The molecule has 1 aromatic carbocycles. The molecule has 0 aromatic heterocycles. The van der Waals surface area contributed by atoms with Crippen molar-refractivity contribution in [3.05, 3.63) is 28.2 Å². The molecule has 0 spiro atoms. The lowest BCUT2D eigenvalue weighted by Gasteiger charge is -2.16. The van der Waals surface area contributed by atoms with Gasteiger partial charge in [0.05, 0.1) is 19.3 Å². The molecule has 20 heavy (non-hydrogen) atoms. The van der Waals surface area contributed by atoms with Gasteiger partial charge in [-0.2, -0.15) is 0 Å². The van der Waals surface area contributed by atoms with Crippen molar-refractivity contribution in [3.8, 4) is 0 Å². The second-order valence-corrected chi connectivity index (χ2v) is 6.07. The lowest BCUT2D eigenvalue weighted by molar-refractivity contribution is 0.0386. The minimum Gasteiger partial charge on any atom is -0.389 e. The summed E-state index contributed by atoms with van der Waals surface area (Å²) < 4.78 is 11.7. The molecule has 1 fully saturated rings. The van der Waals surface area contributed by atoms with Crippen LogP contribution in [0.3, 0.4) is 0 Å². The van der Waals surface area contributed by atoms with E-state index in [0.717, 1.165) is 28.2 Å². The van der Waals surface area contributed by atoms with E-state index in [1.165, 1.54) is 12.8 Å². The number of aliphatic hydroxyl groups is 1. The van der Waals surface area contributed by atoms with E-state index >= 15 is 0 Å². The minimum absolute atomic E-state index is 0.386. The van der Waals surface area contributed by atoms with Crippen LogP contribution in [-0.2, 0) is 16.1 Å². The van der Waals surface area contributed by atoms with Gasteiger partial charge in [0, 0.05) is 36.0 Å². The van der Waals surface area contributed by atoms with Crippen LogP contribution in [0.5, 0.6) is 0 Å². The van der Waals surface area contributed by atoms with E-state index in [9.17, 15) is 5.11 Å². The van der Waals surface area contributed by atoms with E-state index < -0.39 is 6.10 Å². The first kappa shape index (κ1) is 15.8. The minimum atomic E-state index is -0.497. The van der Waals surface area contributed by atoms with Gasteiger partial charge >= 0.3 is 0 Å². The highest BCUT2D eigenvalue weighted by atomic mass is 79.9. The third-order valence-electron chi connectivity index (χ3n) is 3.30. The van der Waals surface area contributed by atoms with Crippen molar-refractivity contribution in [2.75, 3.05) is 32.2 Å². The molecule has 0 heterocycles. The van der Waals surface area contributed by atoms with Gasteiger partial charge in [-0.3, -0.25) is 0 Å². The average molecular weight is 344 g/mol. The summed E-state index contributed by atoms with van der Waals surface area (Å²) in [4.78, 5) is 0. The molecule has 0 amide bonds. The number of ether oxygens (including phenoxy) is 2. The number of halogens is 1. The van der Waals surface area contributed by atoms with Crippen LogP contribution in [0.4, 0.5) is 5.69 Å². The molecule has 1 aliphatic carbocycles. The molecule has 0 aliphatic heterocycles. The summed E-state index contributed by atoms with van der Waals surface area (Å²) in [7, 11) is 1.67. The number of hydrogen-bond donors (Lipinski definition) is 2. The third-order valence-corrected chi connectivity index (χ3v) is 4.04. The summed E-state index contributed by atoms with van der Waals surface area (Å²) in [6.07, 6.45) is 2.04. The van der Waals surface area contributed by atoms with Crippen LogP contribution in [0.2, 0.25) is 0 Å². The zero-order valence-electron chi connectivity index (χ0n) is 11.8. The molecule has 2 N–H and O–H groups in total. The quantitative estimate of drug-likeness (QED) is 0.723. The maximum atomic E-state index is 9.90. The maximum Gasteiger partial charge on any atom is 0.0945 e. The number of hydrogen-bond acceptors (Lipinski definition) is 4. The monoisotopic (exact) mass is 343 g/mol. The lowest BCUT2D eigenvalue weighted by Crippen LogP contribution is -2.25. The molecule has 0 saturated heterocycles. The molecular weight excluding hydrogens is 322 g/mol. The van der Waals surface area contributed by atoms with Gasteiger partial charge in [0.1, 0.15) is 0 Å². The third kappa shape index (κ3) is 5.05. The molecule has 1 atom stereocenters. The van der Waals surface area contributed by atoms with Crippen LogP contribution in [0, 0.1) is 5.92 Å². The van der Waals surface area contributed by atoms with Crippen molar-refractivity contribution >= 4 is 21.6 Å². The Kier molecular flexibility index (Phi) is 6.29. The Hall–Kier alpha value is -0.620. The normalized spacial score (nSPS) is 16.1. The van der Waals surface area contributed by atoms with Crippen LogP contribution in [0.25, 0.3) is 0 Å². The average Bonchev–Trinajstić information content (AvgIpc) is 3.24. The Bertz CT molecular complexity index is 424. The first-order valence-electron chi connectivity index (χ1n) is 6.96. The summed E-state index contributed by atoms with van der Waals surface area (Å²) in [5.41, 5.74) is 2.03. The maximum absolute atomic E-state index is 9.90. The zero-order chi connectivity index (χ0) is 14.4. The summed E-state index contributed by atoms with van der Waals surface area (Å²) >= 11 is 3.51. The SMILES string of the molecule is COCc1c(Br)cccc1NCC(O)COCC1CC1. The lowest BCUT2D eigenvalue weighted by atomic mass is 10.2. The molecule has 0 bridgehead atoms. The van der Waals surface area contributed by atoms with Gasteiger partial charge < -0.3 is 19.9 Å². The van der Waals surface area contributed by atoms with Gasteiger partial charge in [-0.05, 0) is 30.9 Å². The van der Waals surface area contributed by atoms with E-state index in [0.29, 0.717) is 19.8 Å². The van der Waals surface area contributed by atoms with Gasteiger partial charge in [0.2, 0.25) is 0 Å². The molecule has 5 heteroatoms. The predicted octanol–water partition coefficient (Wildman–Crippen LogP) is 2.79. The second kappa shape index (κ2) is 7.98. The van der Waals surface area contributed by atoms with Gasteiger partial charge in [-0.15, -0.1) is 0 Å². The number of nitrogens with one attached hydrogen (secondary N) is 1.